The Morgan fingerprint density at radius 2 is 2.20 bits per heavy atom. The minimum absolute atomic E-state index is 0.0278. The van der Waals surface area contributed by atoms with Crippen LogP contribution in [0.25, 0.3) is 11.5 Å². The molecule has 0 saturated carbocycles. The van der Waals surface area contributed by atoms with Gasteiger partial charge in [0, 0.05) is 12.4 Å². The van der Waals surface area contributed by atoms with Gasteiger partial charge in [0.2, 0.25) is 0 Å². The van der Waals surface area contributed by atoms with E-state index in [0.717, 1.165) is 6.33 Å². The molecule has 0 aliphatic rings. The highest BCUT2D eigenvalue weighted by atomic mass is 35.5. The minimum atomic E-state index is -1.20. The van der Waals surface area contributed by atoms with Crippen LogP contribution >= 0.6 is 11.6 Å². The summed E-state index contributed by atoms with van der Waals surface area (Å²) in [7, 11) is 0. The Morgan fingerprint density at radius 3 is 2.80 bits per heavy atom. The first-order chi connectivity index (χ1) is 7.20. The number of aromatic nitrogens is 4. The lowest BCUT2D eigenvalue weighted by Crippen LogP contribution is -2.03. The van der Waals surface area contributed by atoms with Crippen molar-refractivity contribution in [2.75, 3.05) is 0 Å². The van der Waals surface area contributed by atoms with E-state index in [-0.39, 0.29) is 16.4 Å². The molecule has 76 valence electrons. The number of imidazole rings is 1. The van der Waals surface area contributed by atoms with Gasteiger partial charge in [0.15, 0.2) is 11.5 Å². The molecule has 0 radical (unpaired) electrons. The molecule has 2 aromatic heterocycles. The zero-order chi connectivity index (χ0) is 10.8. The summed E-state index contributed by atoms with van der Waals surface area (Å²) < 4.78 is 0. The van der Waals surface area contributed by atoms with Gasteiger partial charge in [-0.25, -0.2) is 19.7 Å². The van der Waals surface area contributed by atoms with Crippen molar-refractivity contribution in [1.82, 2.24) is 19.9 Å². The molecule has 0 amide bonds. The molecule has 2 heterocycles. The van der Waals surface area contributed by atoms with Gasteiger partial charge in [0.1, 0.15) is 17.0 Å². The molecule has 0 aliphatic carbocycles. The number of nitrogens with one attached hydrogen (secondary N) is 1. The zero-order valence-corrected chi connectivity index (χ0v) is 8.06. The van der Waals surface area contributed by atoms with Crippen LogP contribution in [0, 0.1) is 0 Å². The first kappa shape index (κ1) is 9.60. The fourth-order valence-electron chi connectivity index (χ4n) is 1.08. The van der Waals surface area contributed by atoms with Gasteiger partial charge < -0.3 is 10.1 Å². The maximum Gasteiger partial charge on any atom is 0.356 e. The third kappa shape index (κ3) is 1.66. The fraction of sp³-hybridized carbons (Fsp3) is 0. The van der Waals surface area contributed by atoms with Crippen LogP contribution in [0.3, 0.4) is 0 Å². The number of carboxylic acids is 1. The van der Waals surface area contributed by atoms with Crippen LogP contribution in [0.15, 0.2) is 18.7 Å². The van der Waals surface area contributed by atoms with Gasteiger partial charge in [-0.1, -0.05) is 11.6 Å². The maximum atomic E-state index is 10.7. The Balaban J connectivity index is 2.59. The second kappa shape index (κ2) is 3.66. The molecule has 2 N–H and O–H groups in total. The van der Waals surface area contributed by atoms with E-state index in [2.05, 4.69) is 19.9 Å². The predicted octanol–water partition coefficient (Wildman–Crippen LogP) is 1.22. The molecule has 0 atom stereocenters. The van der Waals surface area contributed by atoms with Crippen molar-refractivity contribution in [3.05, 3.63) is 29.4 Å². The number of H-pyrrole nitrogens is 1. The quantitative estimate of drug-likeness (QED) is 0.800. The Kier molecular flexibility index (Phi) is 2.34. The number of halogens is 1. The monoisotopic (exact) mass is 224 g/mol. The van der Waals surface area contributed by atoms with Crippen molar-refractivity contribution in [3.63, 3.8) is 0 Å². The van der Waals surface area contributed by atoms with E-state index in [1.807, 2.05) is 0 Å². The number of hydrogen-bond donors (Lipinski definition) is 2. The van der Waals surface area contributed by atoms with E-state index in [4.69, 9.17) is 16.7 Å². The van der Waals surface area contributed by atoms with Crippen LogP contribution in [0.1, 0.15) is 10.5 Å². The van der Waals surface area contributed by atoms with E-state index >= 15 is 0 Å². The fourth-order valence-corrected chi connectivity index (χ4v) is 1.35. The molecule has 0 bridgehead atoms. The summed E-state index contributed by atoms with van der Waals surface area (Å²) in [6, 6.07) is 0. The van der Waals surface area contributed by atoms with Crippen LogP contribution < -0.4 is 0 Å². The molecule has 2 aromatic rings. The number of aromatic amines is 1. The van der Waals surface area contributed by atoms with Crippen molar-refractivity contribution < 1.29 is 9.90 Å². The predicted molar refractivity (Wildman–Crippen MR) is 51.6 cm³/mol. The van der Waals surface area contributed by atoms with Crippen molar-refractivity contribution in [2.45, 2.75) is 0 Å². The lowest BCUT2D eigenvalue weighted by molar-refractivity contribution is 0.0690. The molecule has 0 fully saturated rings. The van der Waals surface area contributed by atoms with Gasteiger partial charge >= 0.3 is 5.97 Å². The Hall–Kier alpha value is -1.95. The van der Waals surface area contributed by atoms with Crippen molar-refractivity contribution in [1.29, 1.82) is 0 Å². The highest BCUT2D eigenvalue weighted by Crippen LogP contribution is 2.24. The number of carbonyl (C=O) groups is 1. The van der Waals surface area contributed by atoms with E-state index in [9.17, 15) is 4.79 Å². The van der Waals surface area contributed by atoms with Gasteiger partial charge in [-0.3, -0.25) is 0 Å². The number of rotatable bonds is 2. The van der Waals surface area contributed by atoms with Crippen molar-refractivity contribution >= 4 is 17.6 Å². The topological polar surface area (TPSA) is 91.8 Å². The summed E-state index contributed by atoms with van der Waals surface area (Å²) in [4.78, 5) is 24.9. The normalized spacial score (nSPS) is 10.2. The second-order valence-electron chi connectivity index (χ2n) is 2.63. The van der Waals surface area contributed by atoms with E-state index in [0.29, 0.717) is 5.82 Å². The van der Waals surface area contributed by atoms with Crippen LogP contribution in [0.2, 0.25) is 5.02 Å². The van der Waals surface area contributed by atoms with Crippen LogP contribution in [0.4, 0.5) is 0 Å². The number of carboxylic acid groups (broad SMARTS) is 1. The third-order valence-corrected chi connectivity index (χ3v) is 2.07. The summed E-state index contributed by atoms with van der Waals surface area (Å²) in [5, 5.41) is 8.75. The molecule has 6 nitrogen and oxygen atoms in total. The maximum absolute atomic E-state index is 10.7. The minimum Gasteiger partial charge on any atom is -0.476 e. The van der Waals surface area contributed by atoms with E-state index < -0.39 is 5.97 Å². The molecule has 7 heteroatoms. The molecule has 0 spiro atoms. The van der Waals surface area contributed by atoms with E-state index in [1.54, 1.807) is 6.20 Å². The Bertz CT molecular complexity index is 497. The standard InChI is InChI=1S/C8H5ClN4O2/c9-4-5(7-10-1-2-11-7)12-3-13-6(4)8(14)15/h1-3H,(H,10,11)(H,14,15). The van der Waals surface area contributed by atoms with Crippen molar-refractivity contribution in [2.24, 2.45) is 0 Å². The number of hydrogen-bond acceptors (Lipinski definition) is 4. The average Bonchev–Trinajstić information content (AvgIpc) is 2.70. The molecular weight excluding hydrogens is 220 g/mol. The van der Waals surface area contributed by atoms with Gasteiger partial charge in [-0.2, -0.15) is 0 Å². The van der Waals surface area contributed by atoms with Crippen molar-refractivity contribution in [3.8, 4) is 11.5 Å². The first-order valence-corrected chi connectivity index (χ1v) is 4.31. The first-order valence-electron chi connectivity index (χ1n) is 3.93. The molecule has 0 unspecified atom stereocenters. The van der Waals surface area contributed by atoms with Gasteiger partial charge in [-0.05, 0) is 0 Å². The summed E-state index contributed by atoms with van der Waals surface area (Å²) in [5.41, 5.74) is 0.0344. The summed E-state index contributed by atoms with van der Waals surface area (Å²) in [5.74, 6) is -0.792. The van der Waals surface area contributed by atoms with Gasteiger partial charge in [0.05, 0.1) is 0 Å². The highest BCUT2D eigenvalue weighted by Gasteiger charge is 2.17. The number of aromatic carboxylic acids is 1. The zero-order valence-electron chi connectivity index (χ0n) is 7.31. The molecule has 2 rings (SSSR count). The Labute approximate surface area is 89.0 Å². The largest absolute Gasteiger partial charge is 0.476 e. The van der Waals surface area contributed by atoms with Crippen LogP contribution in [-0.2, 0) is 0 Å². The molecule has 15 heavy (non-hydrogen) atoms. The molecule has 0 aliphatic heterocycles. The molecular formula is C8H5ClN4O2. The SMILES string of the molecule is O=C(O)c1ncnc(-c2ncc[nH]2)c1Cl. The average molecular weight is 225 g/mol. The van der Waals surface area contributed by atoms with Crippen LogP contribution in [0.5, 0.6) is 0 Å². The lowest BCUT2D eigenvalue weighted by atomic mass is 10.3. The second-order valence-corrected chi connectivity index (χ2v) is 3.01. The Morgan fingerprint density at radius 1 is 1.40 bits per heavy atom. The highest BCUT2D eigenvalue weighted by molar-refractivity contribution is 6.35. The summed E-state index contributed by atoms with van der Waals surface area (Å²) in [6.07, 6.45) is 4.25. The summed E-state index contributed by atoms with van der Waals surface area (Å²) >= 11 is 5.83. The third-order valence-electron chi connectivity index (χ3n) is 1.71. The van der Waals surface area contributed by atoms with E-state index in [1.165, 1.54) is 6.20 Å². The number of nitrogens with zero attached hydrogens (tertiary/aromatic N) is 3. The van der Waals surface area contributed by atoms with Crippen LogP contribution in [-0.4, -0.2) is 31.0 Å². The smallest absolute Gasteiger partial charge is 0.356 e. The van der Waals surface area contributed by atoms with Gasteiger partial charge in [-0.15, -0.1) is 0 Å². The lowest BCUT2D eigenvalue weighted by Gasteiger charge is -2.01. The van der Waals surface area contributed by atoms with Gasteiger partial charge in [0.25, 0.3) is 0 Å². The summed E-state index contributed by atoms with van der Waals surface area (Å²) in [6.45, 7) is 0. The molecule has 0 aromatic carbocycles. The molecule has 0 saturated heterocycles.